The molecule has 3 heterocycles. The summed E-state index contributed by atoms with van der Waals surface area (Å²) in [5.41, 5.74) is 1.85. The Morgan fingerprint density at radius 2 is 2.21 bits per heavy atom. The first-order valence-corrected chi connectivity index (χ1v) is 8.51. The lowest BCUT2D eigenvalue weighted by Gasteiger charge is -2.27. The molecule has 6 nitrogen and oxygen atoms in total. The van der Waals surface area contributed by atoms with Crippen molar-refractivity contribution in [3.63, 3.8) is 0 Å². The van der Waals surface area contributed by atoms with Crippen LogP contribution in [0.25, 0.3) is 10.9 Å². The van der Waals surface area contributed by atoms with Crippen LogP contribution >= 0.6 is 22.9 Å². The van der Waals surface area contributed by atoms with Gasteiger partial charge in [-0.05, 0) is 24.1 Å². The molecule has 3 aromatic rings. The number of thiophene rings is 1. The van der Waals surface area contributed by atoms with Crippen LogP contribution in [0.1, 0.15) is 31.3 Å². The van der Waals surface area contributed by atoms with Crippen LogP contribution in [0.2, 0.25) is 4.34 Å². The molecule has 4 rings (SSSR count). The second-order valence-electron chi connectivity index (χ2n) is 5.58. The van der Waals surface area contributed by atoms with Gasteiger partial charge in [0, 0.05) is 23.4 Å². The number of rotatable bonds is 2. The molecule has 2 aromatic heterocycles. The van der Waals surface area contributed by atoms with Crippen molar-refractivity contribution < 1.29 is 14.7 Å². The lowest BCUT2D eigenvalue weighted by molar-refractivity contribution is 0.0690. The van der Waals surface area contributed by atoms with Gasteiger partial charge in [0.15, 0.2) is 5.69 Å². The number of hydrogen-bond donors (Lipinski definition) is 2. The Balaban J connectivity index is 1.70. The number of carboxylic acid groups (broad SMARTS) is 1. The van der Waals surface area contributed by atoms with E-state index in [2.05, 4.69) is 10.2 Å². The third kappa shape index (κ3) is 2.37. The molecule has 1 aromatic carbocycles. The number of aromatic amines is 1. The van der Waals surface area contributed by atoms with Crippen molar-refractivity contribution in [3.8, 4) is 0 Å². The predicted octanol–water partition coefficient (Wildman–Crippen LogP) is 3.17. The van der Waals surface area contributed by atoms with Crippen molar-refractivity contribution in [1.82, 2.24) is 15.1 Å². The largest absolute Gasteiger partial charge is 0.477 e. The normalized spacial score (nSPS) is 14.0. The number of carbonyl (C=O) groups is 2. The summed E-state index contributed by atoms with van der Waals surface area (Å²) in [5.74, 6) is -1.25. The second-order valence-corrected chi connectivity index (χ2v) is 7.35. The van der Waals surface area contributed by atoms with Gasteiger partial charge in [0.25, 0.3) is 5.91 Å². The average Bonchev–Trinajstić information content (AvgIpc) is 3.15. The molecule has 8 heteroatoms. The first kappa shape index (κ1) is 15.2. The molecule has 122 valence electrons. The van der Waals surface area contributed by atoms with Crippen LogP contribution in [0.3, 0.4) is 0 Å². The van der Waals surface area contributed by atoms with Gasteiger partial charge in [-0.25, -0.2) is 4.79 Å². The third-order valence-corrected chi connectivity index (χ3v) is 5.52. The number of halogens is 1. The number of H-pyrrole nitrogens is 1. The van der Waals surface area contributed by atoms with Crippen LogP contribution in [-0.4, -0.2) is 38.6 Å². The number of carboxylic acids is 1. The average molecular weight is 362 g/mol. The molecule has 1 aliphatic rings. The highest BCUT2D eigenvalue weighted by Gasteiger charge is 2.26. The molecular weight excluding hydrogens is 350 g/mol. The lowest BCUT2D eigenvalue weighted by atomic mass is 10.1. The summed E-state index contributed by atoms with van der Waals surface area (Å²) in [6, 6.07) is 6.90. The van der Waals surface area contributed by atoms with Crippen LogP contribution in [0.5, 0.6) is 0 Å². The van der Waals surface area contributed by atoms with E-state index in [0.717, 1.165) is 16.3 Å². The Bertz CT molecular complexity index is 978. The monoisotopic (exact) mass is 361 g/mol. The molecule has 0 saturated heterocycles. The number of nitrogens with zero attached hydrogens (tertiary/aromatic N) is 2. The quantitative estimate of drug-likeness (QED) is 0.734. The Morgan fingerprint density at radius 3 is 3.00 bits per heavy atom. The van der Waals surface area contributed by atoms with E-state index in [1.54, 1.807) is 34.4 Å². The summed E-state index contributed by atoms with van der Waals surface area (Å²) in [4.78, 5) is 27.1. The van der Waals surface area contributed by atoms with E-state index in [-0.39, 0.29) is 11.6 Å². The predicted molar refractivity (Wildman–Crippen MR) is 90.8 cm³/mol. The molecule has 0 radical (unpaired) electrons. The molecule has 24 heavy (non-hydrogen) atoms. The number of aromatic nitrogens is 2. The number of fused-ring (bicyclic) bond motifs is 2. The van der Waals surface area contributed by atoms with Gasteiger partial charge >= 0.3 is 5.97 Å². The maximum atomic E-state index is 12.9. The van der Waals surface area contributed by atoms with Crippen LogP contribution in [0.15, 0.2) is 24.3 Å². The number of carbonyl (C=O) groups excluding carboxylic acids is 1. The number of nitrogens with one attached hydrogen (secondary N) is 1. The van der Waals surface area contributed by atoms with E-state index in [0.29, 0.717) is 29.6 Å². The van der Waals surface area contributed by atoms with E-state index in [4.69, 9.17) is 11.6 Å². The zero-order valence-electron chi connectivity index (χ0n) is 12.4. The SMILES string of the molecule is O=C(O)c1[nH]nc2c(C(=O)N3CCc4sc(Cl)cc4C3)cccc12. The van der Waals surface area contributed by atoms with Gasteiger partial charge in [-0.3, -0.25) is 9.89 Å². The Morgan fingerprint density at radius 1 is 1.38 bits per heavy atom. The number of aromatic carboxylic acids is 1. The van der Waals surface area contributed by atoms with Gasteiger partial charge < -0.3 is 10.0 Å². The highest BCUT2D eigenvalue weighted by molar-refractivity contribution is 7.16. The van der Waals surface area contributed by atoms with Crippen LogP contribution < -0.4 is 0 Å². The van der Waals surface area contributed by atoms with Gasteiger partial charge in [-0.15, -0.1) is 11.3 Å². The highest BCUT2D eigenvalue weighted by Crippen LogP contribution is 2.32. The minimum Gasteiger partial charge on any atom is -0.477 e. The van der Waals surface area contributed by atoms with Crippen LogP contribution in [-0.2, 0) is 13.0 Å². The maximum Gasteiger partial charge on any atom is 0.354 e. The van der Waals surface area contributed by atoms with Crippen LogP contribution in [0, 0.1) is 0 Å². The van der Waals surface area contributed by atoms with E-state index < -0.39 is 5.97 Å². The second kappa shape index (κ2) is 5.61. The molecule has 0 bridgehead atoms. The van der Waals surface area contributed by atoms with Crippen molar-refractivity contribution in [1.29, 1.82) is 0 Å². The summed E-state index contributed by atoms with van der Waals surface area (Å²) >= 11 is 7.60. The molecule has 0 fully saturated rings. The van der Waals surface area contributed by atoms with Gasteiger partial charge in [0.05, 0.1) is 9.90 Å². The number of hydrogen-bond acceptors (Lipinski definition) is 4. The summed E-state index contributed by atoms with van der Waals surface area (Å²) < 4.78 is 0.731. The van der Waals surface area contributed by atoms with Crippen molar-refractivity contribution in [3.05, 3.63) is 50.3 Å². The number of benzene rings is 1. The van der Waals surface area contributed by atoms with E-state index in [1.807, 2.05) is 6.07 Å². The number of para-hydroxylation sites is 1. The van der Waals surface area contributed by atoms with Gasteiger partial charge in [0.1, 0.15) is 5.52 Å². The third-order valence-electron chi connectivity index (χ3n) is 4.15. The molecule has 0 spiro atoms. The molecule has 0 unspecified atom stereocenters. The Labute approximate surface area is 145 Å². The lowest BCUT2D eigenvalue weighted by Crippen LogP contribution is -2.35. The van der Waals surface area contributed by atoms with Crippen molar-refractivity contribution in [2.75, 3.05) is 6.54 Å². The summed E-state index contributed by atoms with van der Waals surface area (Å²) in [6.07, 6.45) is 0.773. The van der Waals surface area contributed by atoms with E-state index in [9.17, 15) is 14.7 Å². The Hall–Kier alpha value is -2.38. The van der Waals surface area contributed by atoms with Crippen LogP contribution in [0.4, 0.5) is 0 Å². The molecule has 2 N–H and O–H groups in total. The fourth-order valence-corrected chi connectivity index (χ4v) is 4.31. The zero-order chi connectivity index (χ0) is 16.8. The van der Waals surface area contributed by atoms with Gasteiger partial charge in [0.2, 0.25) is 0 Å². The highest BCUT2D eigenvalue weighted by atomic mass is 35.5. The smallest absolute Gasteiger partial charge is 0.354 e. The van der Waals surface area contributed by atoms with Crippen molar-refractivity contribution >= 4 is 45.7 Å². The summed E-state index contributed by atoms with van der Waals surface area (Å²) in [6.45, 7) is 1.11. The molecule has 0 saturated carbocycles. The van der Waals surface area contributed by atoms with Gasteiger partial charge in [-0.2, -0.15) is 5.10 Å². The fourth-order valence-electron chi connectivity index (χ4n) is 3.01. The summed E-state index contributed by atoms with van der Waals surface area (Å²) in [7, 11) is 0. The zero-order valence-corrected chi connectivity index (χ0v) is 13.9. The minimum atomic E-state index is -1.10. The van der Waals surface area contributed by atoms with E-state index in [1.165, 1.54) is 4.88 Å². The topological polar surface area (TPSA) is 86.3 Å². The molecular formula is C16H12ClN3O3S. The molecule has 0 atom stereocenters. The number of amides is 1. The summed E-state index contributed by atoms with van der Waals surface area (Å²) in [5, 5.41) is 16.1. The first-order chi connectivity index (χ1) is 11.5. The minimum absolute atomic E-state index is 0.00908. The maximum absolute atomic E-state index is 12.9. The Kier molecular flexibility index (Phi) is 3.54. The molecule has 1 aliphatic heterocycles. The standard InChI is InChI=1S/C16H12ClN3O3S/c17-12-6-8-7-20(5-4-11(8)24-12)15(21)10-3-1-2-9-13(10)18-19-14(9)16(22)23/h1-3,6H,4-5,7H2,(H,18,19)(H,22,23). The van der Waals surface area contributed by atoms with Crippen molar-refractivity contribution in [2.24, 2.45) is 0 Å². The van der Waals surface area contributed by atoms with Gasteiger partial charge in [-0.1, -0.05) is 23.7 Å². The van der Waals surface area contributed by atoms with E-state index >= 15 is 0 Å². The van der Waals surface area contributed by atoms with Crippen molar-refractivity contribution in [2.45, 2.75) is 13.0 Å². The first-order valence-electron chi connectivity index (χ1n) is 7.31. The molecule has 0 aliphatic carbocycles. The molecule has 1 amide bonds. The fraction of sp³-hybridized carbons (Fsp3) is 0.188.